The van der Waals surface area contributed by atoms with Gasteiger partial charge in [0.15, 0.2) is 0 Å². The minimum absolute atomic E-state index is 0.0399. The van der Waals surface area contributed by atoms with E-state index in [0.717, 1.165) is 44.2 Å². The molecule has 132 valence electrons. The standard InChI is InChI=1S/C19H34N2O2/c1-13-6-4-7-14(12-13)9-10-21-17(22)19(20)15-8-5-11-23-16(15)18(19,2)3/h13-16H,4-12,20H2,1-3H3,(H,21,22). The van der Waals surface area contributed by atoms with Gasteiger partial charge in [-0.15, -0.1) is 0 Å². The van der Waals surface area contributed by atoms with E-state index in [2.05, 4.69) is 26.1 Å². The highest BCUT2D eigenvalue weighted by molar-refractivity contribution is 5.89. The Morgan fingerprint density at radius 2 is 2.04 bits per heavy atom. The fraction of sp³-hybridized carbons (Fsp3) is 0.947. The number of fused-ring (bicyclic) bond motifs is 1. The largest absolute Gasteiger partial charge is 0.377 e. The summed E-state index contributed by atoms with van der Waals surface area (Å²) in [4.78, 5) is 12.8. The Morgan fingerprint density at radius 3 is 2.78 bits per heavy atom. The van der Waals surface area contributed by atoms with Gasteiger partial charge in [-0.05, 0) is 37.5 Å². The molecule has 4 heteroatoms. The van der Waals surface area contributed by atoms with Gasteiger partial charge in [-0.3, -0.25) is 4.79 Å². The number of ether oxygens (including phenoxy) is 1. The van der Waals surface area contributed by atoms with Crippen LogP contribution in [0.3, 0.4) is 0 Å². The molecule has 23 heavy (non-hydrogen) atoms. The van der Waals surface area contributed by atoms with E-state index < -0.39 is 5.54 Å². The normalized spacial score (nSPS) is 42.4. The average molecular weight is 322 g/mol. The molecule has 4 nitrogen and oxygen atoms in total. The van der Waals surface area contributed by atoms with E-state index in [-0.39, 0.29) is 23.3 Å². The first-order valence-electron chi connectivity index (χ1n) is 9.56. The van der Waals surface area contributed by atoms with E-state index in [4.69, 9.17) is 10.5 Å². The van der Waals surface area contributed by atoms with Crippen molar-refractivity contribution in [3.05, 3.63) is 0 Å². The van der Waals surface area contributed by atoms with Crippen molar-refractivity contribution >= 4 is 5.91 Å². The average Bonchev–Trinajstić information content (AvgIpc) is 2.54. The van der Waals surface area contributed by atoms with Gasteiger partial charge in [0.05, 0.1) is 6.10 Å². The van der Waals surface area contributed by atoms with Crippen LogP contribution in [-0.4, -0.2) is 30.7 Å². The van der Waals surface area contributed by atoms with Crippen LogP contribution < -0.4 is 11.1 Å². The van der Waals surface area contributed by atoms with Gasteiger partial charge in [0.25, 0.3) is 0 Å². The molecule has 3 fully saturated rings. The Morgan fingerprint density at radius 1 is 1.26 bits per heavy atom. The van der Waals surface area contributed by atoms with Crippen molar-refractivity contribution in [2.24, 2.45) is 28.9 Å². The van der Waals surface area contributed by atoms with E-state index in [9.17, 15) is 4.79 Å². The lowest BCUT2D eigenvalue weighted by atomic mass is 9.46. The van der Waals surface area contributed by atoms with Crippen molar-refractivity contribution in [3.8, 4) is 0 Å². The molecule has 5 unspecified atom stereocenters. The first kappa shape index (κ1) is 17.2. The summed E-state index contributed by atoms with van der Waals surface area (Å²) in [6, 6.07) is 0. The van der Waals surface area contributed by atoms with E-state index in [1.807, 2.05) is 0 Å². The van der Waals surface area contributed by atoms with Crippen LogP contribution in [0.4, 0.5) is 0 Å². The molecule has 1 saturated heterocycles. The second-order valence-corrected chi connectivity index (χ2v) is 8.81. The number of nitrogens with two attached hydrogens (primary N) is 1. The van der Waals surface area contributed by atoms with Crippen molar-refractivity contribution < 1.29 is 9.53 Å². The van der Waals surface area contributed by atoms with Crippen LogP contribution in [0.5, 0.6) is 0 Å². The monoisotopic (exact) mass is 322 g/mol. The van der Waals surface area contributed by atoms with Crippen molar-refractivity contribution in [1.29, 1.82) is 0 Å². The molecule has 2 aliphatic carbocycles. The Hall–Kier alpha value is -0.610. The molecule has 3 rings (SSSR count). The van der Waals surface area contributed by atoms with Crippen LogP contribution in [-0.2, 0) is 9.53 Å². The number of hydrogen-bond donors (Lipinski definition) is 2. The Labute approximate surface area is 140 Å². The molecule has 3 N–H and O–H groups in total. The molecule has 0 bridgehead atoms. The highest BCUT2D eigenvalue weighted by atomic mass is 16.5. The third-order valence-corrected chi connectivity index (χ3v) is 6.94. The zero-order chi connectivity index (χ0) is 16.7. The lowest BCUT2D eigenvalue weighted by Gasteiger charge is -2.65. The number of nitrogens with one attached hydrogen (secondary N) is 1. The minimum Gasteiger partial charge on any atom is -0.377 e. The predicted octanol–water partition coefficient (Wildman–Crippen LogP) is 2.85. The molecule has 1 heterocycles. The summed E-state index contributed by atoms with van der Waals surface area (Å²) in [5.41, 5.74) is 5.59. The third-order valence-electron chi connectivity index (χ3n) is 6.94. The molecule has 0 spiro atoms. The third kappa shape index (κ3) is 2.82. The van der Waals surface area contributed by atoms with Crippen LogP contribution >= 0.6 is 0 Å². The molecule has 5 atom stereocenters. The summed E-state index contributed by atoms with van der Waals surface area (Å²) in [6.07, 6.45) is 8.61. The Balaban J connectivity index is 1.53. The molecular weight excluding hydrogens is 288 g/mol. The quantitative estimate of drug-likeness (QED) is 0.836. The van der Waals surface area contributed by atoms with Gasteiger partial charge in [0.2, 0.25) is 5.91 Å². The Bertz CT molecular complexity index is 451. The minimum atomic E-state index is -0.766. The second kappa shape index (κ2) is 6.36. The fourth-order valence-corrected chi connectivity index (χ4v) is 5.39. The molecule has 3 aliphatic rings. The summed E-state index contributed by atoms with van der Waals surface area (Å²) in [7, 11) is 0. The highest BCUT2D eigenvalue weighted by Crippen LogP contribution is 2.57. The van der Waals surface area contributed by atoms with E-state index in [1.54, 1.807) is 0 Å². The van der Waals surface area contributed by atoms with Gasteiger partial charge < -0.3 is 15.8 Å². The number of rotatable bonds is 4. The zero-order valence-corrected chi connectivity index (χ0v) is 15.1. The van der Waals surface area contributed by atoms with Gasteiger partial charge in [0, 0.05) is 24.5 Å². The molecular formula is C19H34N2O2. The van der Waals surface area contributed by atoms with Crippen LogP contribution in [0.1, 0.15) is 65.7 Å². The summed E-state index contributed by atoms with van der Waals surface area (Å²) >= 11 is 0. The van der Waals surface area contributed by atoms with Gasteiger partial charge in [0.1, 0.15) is 5.54 Å². The summed E-state index contributed by atoms with van der Waals surface area (Å²) < 4.78 is 5.89. The SMILES string of the molecule is CC1CCCC(CCNC(=O)C2(N)C3CCCOC3C2(C)C)C1. The van der Waals surface area contributed by atoms with Crippen LogP contribution in [0.15, 0.2) is 0 Å². The molecule has 1 aliphatic heterocycles. The molecule has 0 aromatic carbocycles. The van der Waals surface area contributed by atoms with Gasteiger partial charge in [-0.25, -0.2) is 0 Å². The number of carbonyl (C=O) groups excluding carboxylic acids is 1. The maximum Gasteiger partial charge on any atom is 0.241 e. The van der Waals surface area contributed by atoms with Crippen molar-refractivity contribution in [1.82, 2.24) is 5.32 Å². The zero-order valence-electron chi connectivity index (χ0n) is 15.1. The van der Waals surface area contributed by atoms with Gasteiger partial charge in [-0.1, -0.05) is 40.0 Å². The van der Waals surface area contributed by atoms with Crippen LogP contribution in [0.2, 0.25) is 0 Å². The van der Waals surface area contributed by atoms with Crippen LogP contribution in [0, 0.1) is 23.2 Å². The topological polar surface area (TPSA) is 64.4 Å². The van der Waals surface area contributed by atoms with Gasteiger partial charge >= 0.3 is 0 Å². The fourth-order valence-electron chi connectivity index (χ4n) is 5.39. The van der Waals surface area contributed by atoms with Crippen molar-refractivity contribution in [2.45, 2.75) is 77.4 Å². The van der Waals surface area contributed by atoms with E-state index in [1.165, 1.54) is 25.7 Å². The molecule has 1 amide bonds. The lowest BCUT2D eigenvalue weighted by molar-refractivity contribution is -0.225. The molecule has 0 aromatic heterocycles. The predicted molar refractivity (Wildman–Crippen MR) is 91.9 cm³/mol. The summed E-state index contributed by atoms with van der Waals surface area (Å²) in [6.45, 7) is 8.09. The number of amides is 1. The van der Waals surface area contributed by atoms with Gasteiger partial charge in [-0.2, -0.15) is 0 Å². The summed E-state index contributed by atoms with van der Waals surface area (Å²) in [5.74, 6) is 1.84. The highest BCUT2D eigenvalue weighted by Gasteiger charge is 2.70. The lowest BCUT2D eigenvalue weighted by Crippen LogP contribution is -2.82. The summed E-state index contributed by atoms with van der Waals surface area (Å²) in [5, 5.41) is 3.16. The first-order chi connectivity index (χ1) is 10.9. The maximum absolute atomic E-state index is 12.8. The van der Waals surface area contributed by atoms with E-state index in [0.29, 0.717) is 0 Å². The molecule has 0 radical (unpaired) electrons. The number of carbonyl (C=O) groups is 1. The smallest absolute Gasteiger partial charge is 0.241 e. The van der Waals surface area contributed by atoms with Crippen molar-refractivity contribution in [3.63, 3.8) is 0 Å². The number of hydrogen-bond acceptors (Lipinski definition) is 3. The first-order valence-corrected chi connectivity index (χ1v) is 9.56. The van der Waals surface area contributed by atoms with E-state index >= 15 is 0 Å². The second-order valence-electron chi connectivity index (χ2n) is 8.81. The molecule has 0 aromatic rings. The maximum atomic E-state index is 12.8. The van der Waals surface area contributed by atoms with Crippen LogP contribution in [0.25, 0.3) is 0 Å². The molecule has 2 saturated carbocycles. The Kier molecular flexibility index (Phi) is 4.76. The van der Waals surface area contributed by atoms with Crippen molar-refractivity contribution in [2.75, 3.05) is 13.2 Å².